The summed E-state index contributed by atoms with van der Waals surface area (Å²) >= 11 is 0. The van der Waals surface area contributed by atoms with Crippen LogP contribution in [0.3, 0.4) is 0 Å². The fourth-order valence-electron chi connectivity index (χ4n) is 1.71. The molecule has 2 aromatic carbocycles. The Balaban J connectivity index is 1.93. The van der Waals surface area contributed by atoms with Gasteiger partial charge in [-0.25, -0.2) is 0 Å². The van der Waals surface area contributed by atoms with Crippen molar-refractivity contribution in [3.8, 4) is 6.07 Å². The van der Waals surface area contributed by atoms with Crippen molar-refractivity contribution in [2.24, 2.45) is 5.16 Å². The molecule has 2 aromatic rings. The molecule has 0 spiro atoms. The van der Waals surface area contributed by atoms with Crippen LogP contribution in [0, 0.1) is 11.3 Å². The van der Waals surface area contributed by atoms with Crippen molar-refractivity contribution >= 4 is 12.3 Å². The second kappa shape index (κ2) is 6.91. The molecular weight excluding hydrogens is 248 g/mol. The summed E-state index contributed by atoms with van der Waals surface area (Å²) in [6, 6.07) is 17.1. The zero-order valence-corrected chi connectivity index (χ0v) is 11.0. The van der Waals surface area contributed by atoms with Crippen LogP contribution in [0.2, 0.25) is 0 Å². The van der Waals surface area contributed by atoms with E-state index in [-0.39, 0.29) is 0 Å². The van der Waals surface area contributed by atoms with E-state index < -0.39 is 0 Å². The van der Waals surface area contributed by atoms with Crippen LogP contribution in [0.4, 0.5) is 0 Å². The van der Waals surface area contributed by atoms with E-state index in [9.17, 15) is 0 Å². The number of hydrogen-bond acceptors (Lipinski definition) is 3. The van der Waals surface area contributed by atoms with Crippen LogP contribution in [-0.4, -0.2) is 6.21 Å². The fraction of sp³-hybridized carbons (Fsp3) is 0.0588. The summed E-state index contributed by atoms with van der Waals surface area (Å²) in [5, 5.41) is 12.6. The smallest absolute Gasteiger partial charge is 0.142 e. The quantitative estimate of drug-likeness (QED) is 0.608. The summed E-state index contributed by atoms with van der Waals surface area (Å²) < 4.78 is 0. The Morgan fingerprint density at radius 2 is 1.90 bits per heavy atom. The largest absolute Gasteiger partial charge is 0.391 e. The Labute approximate surface area is 118 Å². The van der Waals surface area contributed by atoms with Crippen LogP contribution in [0.25, 0.3) is 6.08 Å². The number of benzene rings is 2. The predicted octanol–water partition coefficient (Wildman–Crippen LogP) is 3.75. The molecule has 0 atom stereocenters. The lowest BCUT2D eigenvalue weighted by Crippen LogP contribution is -1.91. The normalized spacial score (nSPS) is 10.2. The zero-order valence-electron chi connectivity index (χ0n) is 11.0. The van der Waals surface area contributed by atoms with E-state index in [2.05, 4.69) is 17.8 Å². The molecule has 3 heteroatoms. The molecular formula is C17H14N2O. The van der Waals surface area contributed by atoms with Crippen molar-refractivity contribution in [3.63, 3.8) is 0 Å². The second-order valence-corrected chi connectivity index (χ2v) is 4.14. The predicted molar refractivity (Wildman–Crippen MR) is 80.1 cm³/mol. The van der Waals surface area contributed by atoms with E-state index in [0.29, 0.717) is 12.2 Å². The van der Waals surface area contributed by atoms with Gasteiger partial charge in [-0.1, -0.05) is 54.2 Å². The number of nitrogens with zero attached hydrogens (tertiary/aromatic N) is 2. The Bertz CT molecular complexity index is 651. The molecule has 0 saturated carbocycles. The van der Waals surface area contributed by atoms with Crippen molar-refractivity contribution in [1.82, 2.24) is 0 Å². The van der Waals surface area contributed by atoms with Gasteiger partial charge in [-0.05, 0) is 28.8 Å². The van der Waals surface area contributed by atoms with Crippen LogP contribution >= 0.6 is 0 Å². The minimum Gasteiger partial charge on any atom is -0.391 e. The third kappa shape index (κ3) is 3.56. The van der Waals surface area contributed by atoms with Crippen molar-refractivity contribution in [2.75, 3.05) is 0 Å². The molecule has 0 heterocycles. The molecule has 0 amide bonds. The molecule has 3 nitrogen and oxygen atoms in total. The van der Waals surface area contributed by atoms with Gasteiger partial charge in [-0.3, -0.25) is 0 Å². The van der Waals surface area contributed by atoms with Crippen molar-refractivity contribution < 1.29 is 4.84 Å². The molecule has 2 rings (SSSR count). The summed E-state index contributed by atoms with van der Waals surface area (Å²) in [5.74, 6) is 0. The lowest BCUT2D eigenvalue weighted by Gasteiger charge is -2.03. The van der Waals surface area contributed by atoms with E-state index in [1.807, 2.05) is 36.4 Å². The van der Waals surface area contributed by atoms with E-state index in [1.54, 1.807) is 24.4 Å². The lowest BCUT2D eigenvalue weighted by atomic mass is 10.1. The molecule has 0 aromatic heterocycles. The summed E-state index contributed by atoms with van der Waals surface area (Å²) in [6.07, 6.45) is 3.42. The monoisotopic (exact) mass is 262 g/mol. The van der Waals surface area contributed by atoms with E-state index in [4.69, 9.17) is 10.1 Å². The lowest BCUT2D eigenvalue weighted by molar-refractivity contribution is 0.132. The van der Waals surface area contributed by atoms with Gasteiger partial charge in [0, 0.05) is 0 Å². The maximum atomic E-state index is 8.70. The Morgan fingerprint density at radius 1 is 1.15 bits per heavy atom. The maximum Gasteiger partial charge on any atom is 0.142 e. The molecule has 0 N–H and O–H groups in total. The molecule has 20 heavy (non-hydrogen) atoms. The van der Waals surface area contributed by atoms with Gasteiger partial charge in [0.15, 0.2) is 0 Å². The first-order valence-electron chi connectivity index (χ1n) is 6.19. The zero-order chi connectivity index (χ0) is 14.2. The molecule has 0 aliphatic carbocycles. The maximum absolute atomic E-state index is 8.70. The first-order valence-corrected chi connectivity index (χ1v) is 6.19. The Hall–Kier alpha value is -2.86. The molecule has 0 unspecified atom stereocenters. The summed E-state index contributed by atoms with van der Waals surface area (Å²) in [6.45, 7) is 4.16. The number of nitriles is 1. The number of hydrogen-bond donors (Lipinski definition) is 0. The van der Waals surface area contributed by atoms with Gasteiger partial charge in [0.05, 0.1) is 17.8 Å². The van der Waals surface area contributed by atoms with Crippen molar-refractivity contribution in [1.29, 1.82) is 5.26 Å². The van der Waals surface area contributed by atoms with Crippen LogP contribution in [0.5, 0.6) is 0 Å². The topological polar surface area (TPSA) is 45.4 Å². The Kier molecular flexibility index (Phi) is 4.69. The van der Waals surface area contributed by atoms with Gasteiger partial charge in [-0.2, -0.15) is 5.26 Å². The number of oxime groups is 1. The van der Waals surface area contributed by atoms with E-state index in [0.717, 1.165) is 16.7 Å². The molecule has 0 saturated heterocycles. The average Bonchev–Trinajstić information content (AvgIpc) is 2.52. The van der Waals surface area contributed by atoms with Crippen LogP contribution < -0.4 is 0 Å². The third-order valence-electron chi connectivity index (χ3n) is 2.81. The Morgan fingerprint density at radius 3 is 2.60 bits per heavy atom. The van der Waals surface area contributed by atoms with Crippen LogP contribution in [-0.2, 0) is 11.4 Å². The molecule has 0 bridgehead atoms. The first kappa shape index (κ1) is 13.6. The summed E-state index contributed by atoms with van der Waals surface area (Å²) in [7, 11) is 0. The highest BCUT2D eigenvalue weighted by atomic mass is 16.6. The highest BCUT2D eigenvalue weighted by Crippen LogP contribution is 2.11. The first-order chi connectivity index (χ1) is 9.83. The SMILES string of the molecule is C=Cc1ccccc1CON=Cc1ccc(C#N)cc1. The van der Waals surface area contributed by atoms with Gasteiger partial charge >= 0.3 is 0 Å². The van der Waals surface area contributed by atoms with Crippen molar-refractivity contribution in [3.05, 3.63) is 77.4 Å². The molecule has 0 aliphatic rings. The van der Waals surface area contributed by atoms with Crippen LogP contribution in [0.15, 0.2) is 60.3 Å². The van der Waals surface area contributed by atoms with E-state index >= 15 is 0 Å². The number of rotatable bonds is 5. The third-order valence-corrected chi connectivity index (χ3v) is 2.81. The van der Waals surface area contributed by atoms with E-state index in [1.165, 1.54) is 0 Å². The van der Waals surface area contributed by atoms with Gasteiger partial charge in [0.25, 0.3) is 0 Å². The van der Waals surface area contributed by atoms with Gasteiger partial charge < -0.3 is 4.84 Å². The van der Waals surface area contributed by atoms with Gasteiger partial charge in [0.2, 0.25) is 0 Å². The summed E-state index contributed by atoms with van der Waals surface area (Å²) in [5.41, 5.74) is 3.60. The van der Waals surface area contributed by atoms with Crippen molar-refractivity contribution in [2.45, 2.75) is 6.61 Å². The highest BCUT2D eigenvalue weighted by Gasteiger charge is 1.97. The standard InChI is InChI=1S/C17H14N2O/c1-2-16-5-3-4-6-17(16)13-20-19-12-15-9-7-14(11-18)8-10-15/h2-10,12H,1,13H2. The summed E-state index contributed by atoms with van der Waals surface area (Å²) in [4.78, 5) is 5.28. The minimum absolute atomic E-state index is 0.398. The van der Waals surface area contributed by atoms with Gasteiger partial charge in [-0.15, -0.1) is 0 Å². The fourth-order valence-corrected chi connectivity index (χ4v) is 1.71. The molecule has 0 fully saturated rings. The van der Waals surface area contributed by atoms with Gasteiger partial charge in [0.1, 0.15) is 6.61 Å². The molecule has 0 radical (unpaired) electrons. The minimum atomic E-state index is 0.398. The highest BCUT2D eigenvalue weighted by molar-refractivity contribution is 5.79. The van der Waals surface area contributed by atoms with Crippen LogP contribution in [0.1, 0.15) is 22.3 Å². The molecule has 0 aliphatic heterocycles. The average molecular weight is 262 g/mol. The molecule has 98 valence electrons. The second-order valence-electron chi connectivity index (χ2n) is 4.14.